The predicted molar refractivity (Wildman–Crippen MR) is 292 cm³/mol. The van der Waals surface area contributed by atoms with Crippen molar-refractivity contribution in [1.29, 1.82) is 5.26 Å². The van der Waals surface area contributed by atoms with E-state index in [0.717, 1.165) is 81.5 Å². The molecular weight excluding hydrogens is 849 g/mol. The molecule has 0 aliphatic carbocycles. The lowest BCUT2D eigenvalue weighted by Crippen LogP contribution is -1.90. The molecule has 4 nitrogen and oxygen atoms in total. The Morgan fingerprint density at radius 1 is 0.300 bits per heavy atom. The Labute approximate surface area is 401 Å². The van der Waals surface area contributed by atoms with Crippen molar-refractivity contribution in [1.82, 2.24) is 0 Å². The summed E-state index contributed by atoms with van der Waals surface area (Å²) < 4.78 is 0. The number of nitriles is 1. The van der Waals surface area contributed by atoms with Crippen LogP contribution < -0.4 is 0 Å². The fourth-order valence-electron chi connectivity index (χ4n) is 12.1. The molecule has 70 heavy (non-hydrogen) atoms. The summed E-state index contributed by atoms with van der Waals surface area (Å²) in [6.45, 7) is 24.7. The van der Waals surface area contributed by atoms with Crippen LogP contribution in [0.1, 0.15) is 5.56 Å². The SMILES string of the molecule is [C-]#[N+]c1ccc(-c2c3ccccc3c(-c3ccc(C#N)cc3[N+]#[C-])c3c4cc5c(cc6c7c(-c8ccccc8)c8ccccc8c(-c8ccccc8)c7c7cccc5c76)c5cccc(c23)c54)c([N+]#[C-])c1. The number of hydrogen-bond donors (Lipinski definition) is 0. The number of fused-ring (bicyclic) bond motifs is 11. The zero-order valence-electron chi connectivity index (χ0n) is 37.3. The summed E-state index contributed by atoms with van der Waals surface area (Å²) in [5.41, 5.74) is 9.75. The van der Waals surface area contributed by atoms with Crippen LogP contribution in [0.25, 0.3) is 156 Å². The van der Waals surface area contributed by atoms with Gasteiger partial charge in [-0.2, -0.15) is 5.26 Å². The Balaban J connectivity index is 1.24. The molecule has 0 spiro atoms. The third kappa shape index (κ3) is 5.20. The van der Waals surface area contributed by atoms with Crippen LogP contribution >= 0.6 is 0 Å². The Hall–Kier alpha value is -10.1. The molecule has 0 bridgehead atoms. The average Bonchev–Trinajstić information content (AvgIpc) is 3.93. The highest BCUT2D eigenvalue weighted by Gasteiger charge is 2.29. The predicted octanol–water partition coefficient (Wildman–Crippen LogP) is 19.1. The third-order valence-electron chi connectivity index (χ3n) is 14.8. The molecule has 0 heterocycles. The molecule has 14 aromatic carbocycles. The van der Waals surface area contributed by atoms with E-state index in [4.69, 9.17) is 19.7 Å². The maximum Gasteiger partial charge on any atom is 0.196 e. The Kier molecular flexibility index (Phi) is 8.21. The summed E-state index contributed by atoms with van der Waals surface area (Å²) >= 11 is 0. The highest BCUT2D eigenvalue weighted by atomic mass is 14.7. The number of nitrogens with zero attached hydrogens (tertiary/aromatic N) is 4. The van der Waals surface area contributed by atoms with E-state index >= 15 is 0 Å². The molecule has 0 aliphatic heterocycles. The first-order valence-corrected chi connectivity index (χ1v) is 23.2. The molecule has 0 amide bonds. The van der Waals surface area contributed by atoms with E-state index in [2.05, 4.69) is 166 Å². The quantitative estimate of drug-likeness (QED) is 0.128. The average molecular weight is 881 g/mol. The minimum atomic E-state index is 0.398. The summed E-state index contributed by atoms with van der Waals surface area (Å²) in [7, 11) is 0. The van der Waals surface area contributed by atoms with Crippen LogP contribution in [0.15, 0.2) is 194 Å². The van der Waals surface area contributed by atoms with Gasteiger partial charge in [0, 0.05) is 5.56 Å². The van der Waals surface area contributed by atoms with Gasteiger partial charge in [-0.25, -0.2) is 14.5 Å². The van der Waals surface area contributed by atoms with Crippen molar-refractivity contribution in [2.24, 2.45) is 0 Å². The van der Waals surface area contributed by atoms with Gasteiger partial charge in [-0.15, -0.1) is 0 Å². The zero-order valence-corrected chi connectivity index (χ0v) is 37.3. The molecule has 0 aromatic heterocycles. The van der Waals surface area contributed by atoms with Gasteiger partial charge in [-0.1, -0.05) is 170 Å². The first-order valence-electron chi connectivity index (χ1n) is 23.2. The molecule has 0 saturated carbocycles. The zero-order chi connectivity index (χ0) is 46.8. The van der Waals surface area contributed by atoms with Crippen molar-refractivity contribution in [2.75, 3.05) is 0 Å². The van der Waals surface area contributed by atoms with Crippen LogP contribution in [0.3, 0.4) is 0 Å². The standard InChI is InChI=1S/C66H32N4/c1-68-40-29-31-48(56(33-40)70-3)61-43-22-12-13-23-44(43)62(47-30-28-37(36-67)32-55(47)69-2)66-54-35-52-45-24-14-26-49-59(45)53(34-51(52)46-25-15-27-50(60(46)54)64(61)66)65-58(39-18-8-5-9-19-39)42-21-11-10-20-41(42)57(63(49)65)38-16-6-4-7-17-38/h4-35H. The second-order valence-corrected chi connectivity index (χ2v) is 18.1. The van der Waals surface area contributed by atoms with Crippen LogP contribution in [0.2, 0.25) is 0 Å². The van der Waals surface area contributed by atoms with Gasteiger partial charge in [-0.05, 0) is 166 Å². The highest BCUT2D eigenvalue weighted by Crippen LogP contribution is 2.57. The van der Waals surface area contributed by atoms with Crippen molar-refractivity contribution in [3.8, 4) is 50.6 Å². The third-order valence-corrected chi connectivity index (χ3v) is 14.8. The molecular formula is C66H32N4. The Bertz CT molecular complexity index is 4790. The molecule has 0 fully saturated rings. The summed E-state index contributed by atoms with van der Waals surface area (Å²) in [4.78, 5) is 11.8. The van der Waals surface area contributed by atoms with Gasteiger partial charge in [0.2, 0.25) is 0 Å². The largest absolute Gasteiger partial charge is 0.240 e. The summed E-state index contributed by atoms with van der Waals surface area (Å²) in [6, 6.07) is 70.1. The van der Waals surface area contributed by atoms with E-state index < -0.39 is 0 Å². The lowest BCUT2D eigenvalue weighted by molar-refractivity contribution is 1.49. The van der Waals surface area contributed by atoms with E-state index in [1.165, 1.54) is 60.0 Å². The highest BCUT2D eigenvalue weighted by molar-refractivity contribution is 6.47. The van der Waals surface area contributed by atoms with Gasteiger partial charge in [0.25, 0.3) is 0 Å². The minimum Gasteiger partial charge on any atom is -0.240 e. The molecule has 0 unspecified atom stereocenters. The van der Waals surface area contributed by atoms with Gasteiger partial charge >= 0.3 is 0 Å². The Morgan fingerprint density at radius 2 is 0.700 bits per heavy atom. The first kappa shape index (κ1) is 39.1. The van der Waals surface area contributed by atoms with Gasteiger partial charge in [0.1, 0.15) is 0 Å². The Morgan fingerprint density at radius 3 is 1.19 bits per heavy atom. The van der Waals surface area contributed by atoms with Crippen molar-refractivity contribution in [3.05, 3.63) is 234 Å². The van der Waals surface area contributed by atoms with Crippen LogP contribution in [0, 0.1) is 31.0 Å². The van der Waals surface area contributed by atoms with Gasteiger partial charge in [-0.3, -0.25) is 0 Å². The fraction of sp³-hybridized carbons (Fsp3) is 0. The molecule has 0 atom stereocenters. The van der Waals surface area contributed by atoms with Crippen LogP contribution in [-0.2, 0) is 0 Å². The van der Waals surface area contributed by atoms with Crippen LogP contribution in [-0.4, -0.2) is 0 Å². The topological polar surface area (TPSA) is 36.9 Å². The summed E-state index contributed by atoms with van der Waals surface area (Å²) in [5.74, 6) is 0. The fourth-order valence-corrected chi connectivity index (χ4v) is 12.1. The van der Waals surface area contributed by atoms with Crippen molar-refractivity contribution < 1.29 is 0 Å². The molecule has 0 radical (unpaired) electrons. The van der Waals surface area contributed by atoms with Crippen molar-refractivity contribution >= 4 is 114 Å². The number of hydrogen-bond acceptors (Lipinski definition) is 1. The van der Waals surface area contributed by atoms with Crippen molar-refractivity contribution in [3.63, 3.8) is 0 Å². The summed E-state index contributed by atoms with van der Waals surface area (Å²) in [5, 5.41) is 30.1. The van der Waals surface area contributed by atoms with Crippen LogP contribution in [0.4, 0.5) is 17.1 Å². The van der Waals surface area contributed by atoms with E-state index in [1.54, 1.807) is 24.3 Å². The van der Waals surface area contributed by atoms with Crippen molar-refractivity contribution in [2.45, 2.75) is 0 Å². The van der Waals surface area contributed by atoms with Crippen LogP contribution in [0.5, 0.6) is 0 Å². The maximum atomic E-state index is 10.0. The number of benzene rings is 12. The lowest BCUT2D eigenvalue weighted by Gasteiger charge is -2.18. The van der Waals surface area contributed by atoms with E-state index in [1.807, 2.05) is 24.3 Å². The van der Waals surface area contributed by atoms with E-state index in [0.29, 0.717) is 22.6 Å². The van der Waals surface area contributed by atoms with Gasteiger partial charge in [0.05, 0.1) is 25.8 Å². The molecule has 0 N–H and O–H groups in total. The molecule has 316 valence electrons. The first-order chi connectivity index (χ1) is 34.6. The number of rotatable bonds is 4. The molecule has 0 saturated heterocycles. The molecule has 0 aliphatic rings. The maximum absolute atomic E-state index is 10.0. The second-order valence-electron chi connectivity index (χ2n) is 18.1. The minimum absolute atomic E-state index is 0.398. The summed E-state index contributed by atoms with van der Waals surface area (Å²) in [6.07, 6.45) is 0. The lowest BCUT2D eigenvalue weighted by atomic mass is 9.85. The smallest absolute Gasteiger partial charge is 0.196 e. The van der Waals surface area contributed by atoms with Gasteiger partial charge < -0.3 is 0 Å². The van der Waals surface area contributed by atoms with E-state index in [9.17, 15) is 5.26 Å². The molecule has 14 aromatic rings. The van der Waals surface area contributed by atoms with E-state index in [-0.39, 0.29) is 0 Å². The normalized spacial score (nSPS) is 11.7. The van der Waals surface area contributed by atoms with Gasteiger partial charge in [0.15, 0.2) is 17.1 Å². The molecule has 14 rings (SSSR count). The monoisotopic (exact) mass is 880 g/mol. The second kappa shape index (κ2) is 14.7. The molecule has 4 heteroatoms.